The first-order valence-electron chi connectivity index (χ1n) is 7.36. The van der Waals surface area contributed by atoms with Crippen LogP contribution in [0.4, 0.5) is 5.69 Å². The summed E-state index contributed by atoms with van der Waals surface area (Å²) in [4.78, 5) is 12.8. The number of benzene rings is 1. The van der Waals surface area contributed by atoms with Gasteiger partial charge in [0.1, 0.15) is 0 Å². The summed E-state index contributed by atoms with van der Waals surface area (Å²) >= 11 is 0. The summed E-state index contributed by atoms with van der Waals surface area (Å²) in [5, 5.41) is 7.06. The van der Waals surface area contributed by atoms with Crippen LogP contribution in [-0.4, -0.2) is 26.2 Å². The van der Waals surface area contributed by atoms with Gasteiger partial charge < -0.3 is 5.32 Å². The lowest BCUT2D eigenvalue weighted by molar-refractivity contribution is 0.102. The number of rotatable bonds is 5. The van der Waals surface area contributed by atoms with Crippen molar-refractivity contribution in [3.8, 4) is 0 Å². The molecule has 0 spiro atoms. The second-order valence-electron chi connectivity index (χ2n) is 6.04. The van der Waals surface area contributed by atoms with Crippen molar-refractivity contribution < 1.29 is 9.00 Å². The van der Waals surface area contributed by atoms with Crippen LogP contribution in [0.5, 0.6) is 0 Å². The zero-order valence-corrected chi connectivity index (χ0v) is 14.6. The summed E-state index contributed by atoms with van der Waals surface area (Å²) in [6.07, 6.45) is 2.94. The highest BCUT2D eigenvalue weighted by atomic mass is 32.2. The molecule has 1 amide bonds. The minimum atomic E-state index is -2.74. The summed E-state index contributed by atoms with van der Waals surface area (Å²) in [6, 6.07) is 6.50. The van der Waals surface area contributed by atoms with Crippen molar-refractivity contribution in [2.75, 3.05) is 11.6 Å². The van der Waals surface area contributed by atoms with Gasteiger partial charge in [0.15, 0.2) is 0 Å². The first-order chi connectivity index (χ1) is 10.7. The maximum atomic E-state index is 12.4. The van der Waals surface area contributed by atoms with Crippen molar-refractivity contribution in [1.29, 1.82) is 4.78 Å². The van der Waals surface area contributed by atoms with Crippen LogP contribution in [0.1, 0.15) is 29.9 Å². The van der Waals surface area contributed by atoms with Gasteiger partial charge in [0.25, 0.3) is 5.91 Å². The molecular weight excluding hydrogens is 312 g/mol. The lowest BCUT2D eigenvalue weighted by Crippen LogP contribution is -2.14. The Morgan fingerprint density at radius 2 is 1.96 bits per heavy atom. The number of hydrogen-bond donors (Lipinski definition) is 2. The SMILES string of the molecule is Cc1c(C(=O)Nc2ccc(S(C)(=N)=O)cc2)cnn1CC(C)C. The number of carbonyl (C=O) groups excluding carboxylic acids is 1. The Morgan fingerprint density at radius 1 is 1.35 bits per heavy atom. The molecule has 7 heteroatoms. The number of carbonyl (C=O) groups is 1. The topological polar surface area (TPSA) is 87.8 Å². The third-order valence-corrected chi connectivity index (χ3v) is 4.62. The second-order valence-corrected chi connectivity index (χ2v) is 8.20. The first kappa shape index (κ1) is 17.2. The van der Waals surface area contributed by atoms with Gasteiger partial charge in [-0.25, -0.2) is 8.99 Å². The molecule has 6 nitrogen and oxygen atoms in total. The van der Waals surface area contributed by atoms with E-state index < -0.39 is 9.73 Å². The summed E-state index contributed by atoms with van der Waals surface area (Å²) in [5.41, 5.74) is 1.96. The molecule has 2 N–H and O–H groups in total. The van der Waals surface area contributed by atoms with E-state index in [0.29, 0.717) is 22.1 Å². The molecule has 124 valence electrons. The molecule has 2 aromatic rings. The van der Waals surface area contributed by atoms with E-state index in [2.05, 4.69) is 24.3 Å². The van der Waals surface area contributed by atoms with Crippen LogP contribution in [0.25, 0.3) is 0 Å². The molecule has 1 unspecified atom stereocenters. The average molecular weight is 334 g/mol. The largest absolute Gasteiger partial charge is 0.322 e. The molecule has 1 atom stereocenters. The number of nitrogens with zero attached hydrogens (tertiary/aromatic N) is 2. The average Bonchev–Trinajstić information content (AvgIpc) is 2.79. The van der Waals surface area contributed by atoms with Gasteiger partial charge in [0, 0.05) is 29.1 Å². The highest BCUT2D eigenvalue weighted by Crippen LogP contribution is 2.16. The van der Waals surface area contributed by atoms with Gasteiger partial charge in [0.2, 0.25) is 0 Å². The van der Waals surface area contributed by atoms with Gasteiger partial charge >= 0.3 is 0 Å². The molecule has 23 heavy (non-hydrogen) atoms. The van der Waals surface area contributed by atoms with Crippen LogP contribution < -0.4 is 5.32 Å². The Balaban J connectivity index is 2.15. The Morgan fingerprint density at radius 3 is 2.48 bits per heavy atom. The number of hydrogen-bond acceptors (Lipinski definition) is 4. The Hall–Kier alpha value is -2.15. The van der Waals surface area contributed by atoms with Crippen molar-refractivity contribution in [3.05, 3.63) is 41.7 Å². The molecule has 0 aliphatic heterocycles. The number of anilines is 1. The van der Waals surface area contributed by atoms with Crippen LogP contribution in [0.15, 0.2) is 35.4 Å². The summed E-state index contributed by atoms with van der Waals surface area (Å²) < 4.78 is 21.0. The molecule has 0 fully saturated rings. The number of amides is 1. The van der Waals surface area contributed by atoms with Crippen molar-refractivity contribution in [2.24, 2.45) is 5.92 Å². The van der Waals surface area contributed by atoms with E-state index in [0.717, 1.165) is 12.2 Å². The second kappa shape index (κ2) is 6.54. The summed E-state index contributed by atoms with van der Waals surface area (Å²) in [5.74, 6) is 0.221. The molecule has 1 aromatic heterocycles. The fraction of sp³-hybridized carbons (Fsp3) is 0.375. The van der Waals surface area contributed by atoms with Crippen molar-refractivity contribution >= 4 is 21.3 Å². The number of aromatic nitrogens is 2. The van der Waals surface area contributed by atoms with Crippen LogP contribution in [-0.2, 0) is 16.3 Å². The normalized spacial score (nSPS) is 13.8. The van der Waals surface area contributed by atoms with E-state index >= 15 is 0 Å². The predicted octanol–water partition coefficient (Wildman–Crippen LogP) is 3.14. The smallest absolute Gasteiger partial charge is 0.259 e. The molecule has 0 saturated carbocycles. The monoisotopic (exact) mass is 334 g/mol. The van der Waals surface area contributed by atoms with Crippen LogP contribution in [0, 0.1) is 17.6 Å². The molecule has 2 rings (SSSR count). The minimum Gasteiger partial charge on any atom is -0.322 e. The van der Waals surface area contributed by atoms with E-state index in [1.165, 1.54) is 6.26 Å². The van der Waals surface area contributed by atoms with Crippen molar-refractivity contribution in [1.82, 2.24) is 9.78 Å². The standard InChI is InChI=1S/C16H22N4O2S/c1-11(2)10-20-12(3)15(9-18-20)16(21)19-13-5-7-14(8-6-13)23(4,17)22/h5-9,11,17H,10H2,1-4H3,(H,19,21). The lowest BCUT2D eigenvalue weighted by Gasteiger charge is -2.09. The van der Waals surface area contributed by atoms with Crippen molar-refractivity contribution in [2.45, 2.75) is 32.2 Å². The third kappa shape index (κ3) is 4.19. The fourth-order valence-corrected chi connectivity index (χ4v) is 2.85. The highest BCUT2D eigenvalue weighted by Gasteiger charge is 2.15. The zero-order valence-electron chi connectivity index (χ0n) is 13.8. The molecule has 1 aromatic carbocycles. The minimum absolute atomic E-state index is 0.228. The first-order valence-corrected chi connectivity index (χ1v) is 9.32. The molecule has 0 aliphatic carbocycles. The molecule has 1 heterocycles. The van der Waals surface area contributed by atoms with Gasteiger partial charge in [-0.15, -0.1) is 0 Å². The van der Waals surface area contributed by atoms with Crippen molar-refractivity contribution in [3.63, 3.8) is 0 Å². The highest BCUT2D eigenvalue weighted by molar-refractivity contribution is 7.91. The van der Waals surface area contributed by atoms with E-state index in [-0.39, 0.29) is 5.91 Å². The molecule has 0 radical (unpaired) electrons. The predicted molar refractivity (Wildman–Crippen MR) is 91.2 cm³/mol. The van der Waals surface area contributed by atoms with Gasteiger partial charge in [-0.2, -0.15) is 5.10 Å². The Labute approximate surface area is 136 Å². The van der Waals surface area contributed by atoms with Crippen LogP contribution >= 0.6 is 0 Å². The lowest BCUT2D eigenvalue weighted by atomic mass is 10.2. The summed E-state index contributed by atoms with van der Waals surface area (Å²) in [7, 11) is -2.74. The van der Waals surface area contributed by atoms with Crippen LogP contribution in [0.3, 0.4) is 0 Å². The fourth-order valence-electron chi connectivity index (χ4n) is 2.20. The van der Waals surface area contributed by atoms with Gasteiger partial charge in [-0.05, 0) is 37.1 Å². The van der Waals surface area contributed by atoms with E-state index in [1.807, 2.05) is 11.6 Å². The Bertz CT molecular complexity index is 805. The number of nitrogens with one attached hydrogen (secondary N) is 2. The summed E-state index contributed by atoms with van der Waals surface area (Å²) in [6.45, 7) is 6.84. The molecule has 0 saturated heterocycles. The van der Waals surface area contributed by atoms with E-state index in [1.54, 1.807) is 30.5 Å². The third-order valence-electron chi connectivity index (χ3n) is 3.45. The van der Waals surface area contributed by atoms with E-state index in [4.69, 9.17) is 4.78 Å². The molecule has 0 aliphatic rings. The van der Waals surface area contributed by atoms with Gasteiger partial charge in [0.05, 0.1) is 21.5 Å². The maximum absolute atomic E-state index is 12.4. The quantitative estimate of drug-likeness (QED) is 0.880. The van der Waals surface area contributed by atoms with Gasteiger partial charge in [-0.1, -0.05) is 13.8 Å². The molecule has 0 bridgehead atoms. The Kier molecular flexibility index (Phi) is 4.89. The molecular formula is C16H22N4O2S. The zero-order chi connectivity index (χ0) is 17.2. The van der Waals surface area contributed by atoms with Gasteiger partial charge in [-0.3, -0.25) is 9.48 Å². The van der Waals surface area contributed by atoms with Crippen LogP contribution in [0.2, 0.25) is 0 Å². The maximum Gasteiger partial charge on any atom is 0.259 e. The van der Waals surface area contributed by atoms with E-state index in [9.17, 15) is 9.00 Å².